The first-order chi connectivity index (χ1) is 6.13. The molecule has 1 aromatic carbocycles. The lowest BCUT2D eigenvalue weighted by Crippen LogP contribution is -2.20. The zero-order chi connectivity index (χ0) is 9.84. The molecule has 0 aromatic heterocycles. The smallest absolute Gasteiger partial charge is 0.512 e. The maximum atomic E-state index is 8.49. The lowest BCUT2D eigenvalue weighted by atomic mass is 10.2. The normalized spacial score (nSPS) is 9.85. The van der Waals surface area contributed by atoms with Gasteiger partial charge in [-0.05, 0) is 17.7 Å². The van der Waals surface area contributed by atoms with Crippen molar-refractivity contribution in [1.29, 1.82) is 0 Å². The van der Waals surface area contributed by atoms with Crippen LogP contribution in [-0.2, 0) is 6.54 Å². The van der Waals surface area contributed by atoms with Crippen molar-refractivity contribution in [2.24, 2.45) is 5.73 Å². The largest absolute Gasteiger partial charge is 0.707 e. The van der Waals surface area contributed by atoms with E-state index in [1.165, 1.54) is 6.07 Å². The summed E-state index contributed by atoms with van der Waals surface area (Å²) in [5, 5.41) is 17.4. The Morgan fingerprint density at radius 3 is 2.62 bits per heavy atom. The van der Waals surface area contributed by atoms with Gasteiger partial charge in [-0.25, -0.2) is 0 Å². The average Bonchev–Trinajstić information content (AvgIpc) is 2.03. The van der Waals surface area contributed by atoms with Gasteiger partial charge in [0.15, 0.2) is 0 Å². The lowest BCUT2D eigenvalue weighted by Gasteiger charge is -2.06. The first kappa shape index (κ1) is 10.3. The molecule has 0 saturated heterocycles. The molecule has 6 heteroatoms. The highest BCUT2D eigenvalue weighted by molar-refractivity contribution is 6.34. The third-order valence-electron chi connectivity index (χ3n) is 1.49. The molecule has 0 aliphatic carbocycles. The number of halogens is 1. The molecule has 13 heavy (non-hydrogen) atoms. The van der Waals surface area contributed by atoms with Gasteiger partial charge < -0.3 is 20.4 Å². The van der Waals surface area contributed by atoms with Crippen molar-refractivity contribution < 1.29 is 14.7 Å². The van der Waals surface area contributed by atoms with Crippen LogP contribution >= 0.6 is 11.6 Å². The lowest BCUT2D eigenvalue weighted by molar-refractivity contribution is 0.288. The summed E-state index contributed by atoms with van der Waals surface area (Å²) in [4.78, 5) is 0. The Bertz CT molecular complexity index is 295. The molecular weight excluding hydrogens is 192 g/mol. The van der Waals surface area contributed by atoms with Gasteiger partial charge in [0.2, 0.25) is 0 Å². The van der Waals surface area contributed by atoms with Crippen LogP contribution in [0.15, 0.2) is 18.2 Å². The minimum absolute atomic E-state index is 0.289. The van der Waals surface area contributed by atoms with E-state index < -0.39 is 7.32 Å². The van der Waals surface area contributed by atoms with Crippen LogP contribution in [0.4, 0.5) is 0 Å². The molecule has 0 unspecified atom stereocenters. The molecule has 0 saturated carbocycles. The van der Waals surface area contributed by atoms with Gasteiger partial charge in [0.25, 0.3) is 0 Å². The second-order valence-corrected chi connectivity index (χ2v) is 2.81. The number of hydrogen-bond donors (Lipinski definition) is 3. The quantitative estimate of drug-likeness (QED) is 0.609. The highest BCUT2D eigenvalue weighted by atomic mass is 35.5. The number of rotatable bonds is 3. The van der Waals surface area contributed by atoms with Gasteiger partial charge in [-0.1, -0.05) is 17.7 Å². The molecule has 0 aliphatic heterocycles. The van der Waals surface area contributed by atoms with E-state index in [1.807, 2.05) is 0 Å². The molecule has 0 atom stereocenters. The van der Waals surface area contributed by atoms with Crippen molar-refractivity contribution in [2.45, 2.75) is 6.54 Å². The monoisotopic (exact) mass is 201 g/mol. The summed E-state index contributed by atoms with van der Waals surface area (Å²) in [5.74, 6) is 0.289. The molecule has 0 fully saturated rings. The molecule has 0 radical (unpaired) electrons. The van der Waals surface area contributed by atoms with Gasteiger partial charge in [0.1, 0.15) is 5.75 Å². The summed E-state index contributed by atoms with van der Waals surface area (Å²) in [6.45, 7) is 0.334. The molecule has 70 valence electrons. The maximum Gasteiger partial charge on any atom is 0.707 e. The summed E-state index contributed by atoms with van der Waals surface area (Å²) >= 11 is 5.79. The second-order valence-electron chi connectivity index (χ2n) is 2.40. The Labute approximate surface area is 81.1 Å². The SMILES string of the molecule is NCc1ccc(OB(O)O)cc1Cl. The maximum absolute atomic E-state index is 8.49. The summed E-state index contributed by atoms with van der Waals surface area (Å²) in [6.07, 6.45) is 0. The van der Waals surface area contributed by atoms with Crippen LogP contribution in [-0.4, -0.2) is 17.4 Å². The zero-order valence-corrected chi connectivity index (χ0v) is 7.53. The van der Waals surface area contributed by atoms with Gasteiger partial charge in [-0.15, -0.1) is 0 Å². The topological polar surface area (TPSA) is 75.7 Å². The fourth-order valence-corrected chi connectivity index (χ4v) is 1.14. The van der Waals surface area contributed by atoms with E-state index in [1.54, 1.807) is 12.1 Å². The van der Waals surface area contributed by atoms with Crippen LogP contribution < -0.4 is 10.4 Å². The van der Waals surface area contributed by atoms with E-state index in [0.717, 1.165) is 5.56 Å². The number of hydrogen-bond acceptors (Lipinski definition) is 4. The summed E-state index contributed by atoms with van der Waals surface area (Å²) in [6, 6.07) is 4.71. The molecule has 0 aliphatic rings. The van der Waals surface area contributed by atoms with Crippen LogP contribution in [0.3, 0.4) is 0 Å². The Hall–Kier alpha value is -0.745. The molecular formula is C7H9BClNO3. The minimum atomic E-state index is -1.83. The van der Waals surface area contributed by atoms with E-state index in [9.17, 15) is 0 Å². The zero-order valence-electron chi connectivity index (χ0n) is 6.77. The summed E-state index contributed by atoms with van der Waals surface area (Å²) < 4.78 is 4.58. The van der Waals surface area contributed by atoms with Crippen LogP contribution in [0.25, 0.3) is 0 Å². The summed E-state index contributed by atoms with van der Waals surface area (Å²) in [5.41, 5.74) is 6.16. The highest BCUT2D eigenvalue weighted by Gasteiger charge is 2.11. The third kappa shape index (κ3) is 2.89. The van der Waals surface area contributed by atoms with Gasteiger partial charge in [-0.2, -0.15) is 0 Å². The number of nitrogens with two attached hydrogens (primary N) is 1. The molecule has 0 spiro atoms. The van der Waals surface area contributed by atoms with Crippen molar-refractivity contribution in [3.8, 4) is 5.75 Å². The molecule has 0 amide bonds. The Kier molecular flexibility index (Phi) is 3.56. The van der Waals surface area contributed by atoms with Crippen molar-refractivity contribution in [1.82, 2.24) is 0 Å². The molecule has 4 N–H and O–H groups in total. The first-order valence-electron chi connectivity index (χ1n) is 3.65. The van der Waals surface area contributed by atoms with E-state index in [2.05, 4.69) is 4.65 Å². The predicted molar refractivity (Wildman–Crippen MR) is 50.2 cm³/mol. The van der Waals surface area contributed by atoms with Crippen LogP contribution in [0.5, 0.6) is 5.75 Å². The Morgan fingerprint density at radius 1 is 1.46 bits per heavy atom. The third-order valence-corrected chi connectivity index (χ3v) is 1.84. The van der Waals surface area contributed by atoms with E-state index in [0.29, 0.717) is 11.6 Å². The van der Waals surface area contributed by atoms with Gasteiger partial charge in [0, 0.05) is 11.6 Å². The molecule has 1 aromatic rings. The fraction of sp³-hybridized carbons (Fsp3) is 0.143. The molecule has 0 heterocycles. The fourth-order valence-electron chi connectivity index (χ4n) is 0.889. The van der Waals surface area contributed by atoms with E-state index >= 15 is 0 Å². The number of benzene rings is 1. The van der Waals surface area contributed by atoms with E-state index in [4.69, 9.17) is 27.4 Å². The average molecular weight is 201 g/mol. The van der Waals surface area contributed by atoms with Crippen molar-refractivity contribution >= 4 is 18.9 Å². The summed E-state index contributed by atoms with van der Waals surface area (Å²) in [7, 11) is -1.83. The molecule has 4 nitrogen and oxygen atoms in total. The van der Waals surface area contributed by atoms with Gasteiger partial charge in [-0.3, -0.25) is 0 Å². The Balaban J connectivity index is 2.83. The Morgan fingerprint density at radius 2 is 2.15 bits per heavy atom. The van der Waals surface area contributed by atoms with Gasteiger partial charge in [0.05, 0.1) is 0 Å². The predicted octanol–water partition coefficient (Wildman–Crippen LogP) is 0.147. The van der Waals surface area contributed by atoms with Gasteiger partial charge >= 0.3 is 7.32 Å². The van der Waals surface area contributed by atoms with Crippen molar-refractivity contribution in [3.63, 3.8) is 0 Å². The van der Waals surface area contributed by atoms with Crippen molar-refractivity contribution in [3.05, 3.63) is 28.8 Å². The van der Waals surface area contributed by atoms with Crippen molar-refractivity contribution in [2.75, 3.05) is 0 Å². The van der Waals surface area contributed by atoms with E-state index in [-0.39, 0.29) is 5.75 Å². The van der Waals surface area contributed by atoms with Crippen LogP contribution in [0.2, 0.25) is 5.02 Å². The van der Waals surface area contributed by atoms with Crippen LogP contribution in [0, 0.1) is 0 Å². The van der Waals surface area contributed by atoms with Crippen LogP contribution in [0.1, 0.15) is 5.56 Å². The standard InChI is InChI=1S/C7H9BClNO3/c9-7-3-6(13-8(11)12)2-1-5(7)4-10/h1-3,11-12H,4,10H2. The minimum Gasteiger partial charge on any atom is -0.512 e. The molecule has 0 bridgehead atoms. The second kappa shape index (κ2) is 4.48. The first-order valence-corrected chi connectivity index (χ1v) is 4.02. The molecule has 1 rings (SSSR count). The highest BCUT2D eigenvalue weighted by Crippen LogP contribution is 2.22.